The number of rotatable bonds is 3. The predicted molar refractivity (Wildman–Crippen MR) is 67.8 cm³/mol. The molecule has 0 spiro atoms. The molecule has 0 unspecified atom stereocenters. The lowest BCUT2D eigenvalue weighted by Gasteiger charge is -2.24. The lowest BCUT2D eigenvalue weighted by Crippen LogP contribution is -2.40. The van der Waals surface area contributed by atoms with Crippen LogP contribution in [0.3, 0.4) is 0 Å². The average molecular weight is 224 g/mol. The van der Waals surface area contributed by atoms with Gasteiger partial charge in [0.05, 0.1) is 6.54 Å². The monoisotopic (exact) mass is 224 g/mol. The number of nitrogens with zero attached hydrogens (tertiary/aromatic N) is 2. The van der Waals surface area contributed by atoms with Crippen molar-refractivity contribution in [3.8, 4) is 0 Å². The fourth-order valence-electron chi connectivity index (χ4n) is 2.39. The summed E-state index contributed by atoms with van der Waals surface area (Å²) < 4.78 is 0. The zero-order valence-electron chi connectivity index (χ0n) is 10.2. The molecule has 2 aliphatic heterocycles. The fourth-order valence-corrected chi connectivity index (χ4v) is 2.39. The highest BCUT2D eigenvalue weighted by molar-refractivity contribution is 5.81. The summed E-state index contributed by atoms with van der Waals surface area (Å²) in [5.41, 5.74) is 0. The summed E-state index contributed by atoms with van der Waals surface area (Å²) >= 11 is 0. The van der Waals surface area contributed by atoms with E-state index in [0.29, 0.717) is 0 Å². The van der Waals surface area contributed by atoms with Crippen molar-refractivity contribution in [3.63, 3.8) is 0 Å². The normalized spacial score (nSPS) is 23.1. The molecule has 0 amide bonds. The van der Waals surface area contributed by atoms with Crippen molar-refractivity contribution in [1.82, 2.24) is 15.5 Å². The Morgan fingerprint density at radius 3 is 2.56 bits per heavy atom. The van der Waals surface area contributed by atoms with E-state index in [1.807, 2.05) is 0 Å². The van der Waals surface area contributed by atoms with Crippen LogP contribution in [0.2, 0.25) is 0 Å². The van der Waals surface area contributed by atoms with Crippen LogP contribution in [-0.4, -0.2) is 50.1 Å². The van der Waals surface area contributed by atoms with Gasteiger partial charge in [0.15, 0.2) is 5.96 Å². The van der Waals surface area contributed by atoms with E-state index in [2.05, 4.69) is 20.5 Å². The van der Waals surface area contributed by atoms with E-state index in [-0.39, 0.29) is 0 Å². The second-order valence-electron chi connectivity index (χ2n) is 4.69. The van der Waals surface area contributed by atoms with Crippen LogP contribution in [0.1, 0.15) is 32.1 Å². The fraction of sp³-hybridized carbons (Fsp3) is 0.917. The molecule has 2 N–H and O–H groups in total. The Labute approximate surface area is 98.5 Å². The number of nitrogens with one attached hydrogen (secondary N) is 2. The minimum absolute atomic E-state index is 0.923. The van der Waals surface area contributed by atoms with Gasteiger partial charge < -0.3 is 15.5 Å². The zero-order chi connectivity index (χ0) is 11.1. The van der Waals surface area contributed by atoms with E-state index in [1.54, 1.807) is 0 Å². The molecular weight excluding hydrogens is 200 g/mol. The maximum atomic E-state index is 4.33. The molecule has 0 aliphatic carbocycles. The molecule has 2 rings (SSSR count). The number of hydrogen-bond donors (Lipinski definition) is 2. The molecular formula is C12H24N4. The van der Waals surface area contributed by atoms with Crippen molar-refractivity contribution in [2.45, 2.75) is 32.1 Å². The van der Waals surface area contributed by atoms with Crippen LogP contribution >= 0.6 is 0 Å². The molecule has 0 radical (unpaired) electrons. The SMILES string of the molecule is C1CCCN(CCNC2=NCCN2)CCC1. The second kappa shape index (κ2) is 6.74. The molecule has 1 saturated heterocycles. The van der Waals surface area contributed by atoms with Gasteiger partial charge >= 0.3 is 0 Å². The Balaban J connectivity index is 1.59. The number of guanidine groups is 1. The van der Waals surface area contributed by atoms with E-state index < -0.39 is 0 Å². The van der Waals surface area contributed by atoms with Gasteiger partial charge in [-0.1, -0.05) is 19.3 Å². The van der Waals surface area contributed by atoms with Crippen LogP contribution in [0, 0.1) is 0 Å². The van der Waals surface area contributed by atoms with Crippen LogP contribution in [0.25, 0.3) is 0 Å². The second-order valence-corrected chi connectivity index (χ2v) is 4.69. The molecule has 92 valence electrons. The first kappa shape index (κ1) is 11.7. The summed E-state index contributed by atoms with van der Waals surface area (Å²) in [7, 11) is 0. The van der Waals surface area contributed by atoms with E-state index in [9.17, 15) is 0 Å². The molecule has 0 atom stereocenters. The maximum absolute atomic E-state index is 4.33. The number of hydrogen-bond acceptors (Lipinski definition) is 4. The average Bonchev–Trinajstić information content (AvgIpc) is 2.73. The summed E-state index contributed by atoms with van der Waals surface area (Å²) in [6.07, 6.45) is 7.02. The molecule has 0 aromatic rings. The largest absolute Gasteiger partial charge is 0.355 e. The highest BCUT2D eigenvalue weighted by Gasteiger charge is 2.08. The highest BCUT2D eigenvalue weighted by Crippen LogP contribution is 2.09. The summed E-state index contributed by atoms with van der Waals surface area (Å²) in [5.74, 6) is 0.993. The van der Waals surface area contributed by atoms with Gasteiger partial charge in [0, 0.05) is 19.6 Å². The Kier molecular flexibility index (Phi) is 4.93. The minimum atomic E-state index is 0.923. The van der Waals surface area contributed by atoms with Gasteiger partial charge in [-0.25, -0.2) is 0 Å². The Bertz CT molecular complexity index is 219. The van der Waals surface area contributed by atoms with E-state index in [1.165, 1.54) is 45.2 Å². The summed E-state index contributed by atoms with van der Waals surface area (Å²) in [5, 5.41) is 6.60. The van der Waals surface area contributed by atoms with Crippen LogP contribution in [0.4, 0.5) is 0 Å². The first-order chi connectivity index (χ1) is 7.95. The summed E-state index contributed by atoms with van der Waals surface area (Å²) in [4.78, 5) is 6.91. The maximum Gasteiger partial charge on any atom is 0.191 e. The van der Waals surface area contributed by atoms with Crippen molar-refractivity contribution in [1.29, 1.82) is 0 Å². The molecule has 0 aromatic heterocycles. The van der Waals surface area contributed by atoms with Crippen molar-refractivity contribution in [3.05, 3.63) is 0 Å². The van der Waals surface area contributed by atoms with E-state index in [4.69, 9.17) is 0 Å². The van der Waals surface area contributed by atoms with Gasteiger partial charge in [-0.3, -0.25) is 4.99 Å². The number of likely N-dealkylation sites (tertiary alicyclic amines) is 1. The molecule has 0 aromatic carbocycles. The smallest absolute Gasteiger partial charge is 0.191 e. The third kappa shape index (κ3) is 4.00. The third-order valence-corrected chi connectivity index (χ3v) is 3.34. The van der Waals surface area contributed by atoms with Crippen LogP contribution < -0.4 is 10.6 Å². The summed E-state index contributed by atoms with van der Waals surface area (Å²) in [6.45, 7) is 6.65. The molecule has 4 heteroatoms. The quantitative estimate of drug-likeness (QED) is 0.745. The van der Waals surface area contributed by atoms with Gasteiger partial charge in [-0.2, -0.15) is 0 Å². The molecule has 4 nitrogen and oxygen atoms in total. The molecule has 2 heterocycles. The molecule has 0 bridgehead atoms. The van der Waals surface area contributed by atoms with Gasteiger partial charge in [0.1, 0.15) is 0 Å². The Morgan fingerprint density at radius 2 is 1.88 bits per heavy atom. The first-order valence-corrected chi connectivity index (χ1v) is 6.70. The van der Waals surface area contributed by atoms with Crippen LogP contribution in [0.5, 0.6) is 0 Å². The van der Waals surface area contributed by atoms with Crippen LogP contribution in [0.15, 0.2) is 4.99 Å². The Morgan fingerprint density at radius 1 is 1.12 bits per heavy atom. The standard InChI is InChI=1S/C12H24N4/c1-2-4-9-16(10-5-3-1)11-8-15-12-13-6-7-14-12/h1-11H2,(H2,13,14,15). The van der Waals surface area contributed by atoms with Crippen molar-refractivity contribution >= 4 is 5.96 Å². The van der Waals surface area contributed by atoms with Crippen molar-refractivity contribution in [2.75, 3.05) is 39.3 Å². The predicted octanol–water partition coefficient (Wildman–Crippen LogP) is 0.801. The summed E-state index contributed by atoms with van der Waals surface area (Å²) in [6, 6.07) is 0. The lowest BCUT2D eigenvalue weighted by atomic mass is 10.1. The first-order valence-electron chi connectivity index (χ1n) is 6.70. The molecule has 16 heavy (non-hydrogen) atoms. The lowest BCUT2D eigenvalue weighted by molar-refractivity contribution is 0.251. The molecule has 2 aliphatic rings. The zero-order valence-corrected chi connectivity index (χ0v) is 10.2. The topological polar surface area (TPSA) is 39.7 Å². The molecule has 1 fully saturated rings. The Hall–Kier alpha value is -0.770. The van der Waals surface area contributed by atoms with Gasteiger partial charge in [0.25, 0.3) is 0 Å². The van der Waals surface area contributed by atoms with Gasteiger partial charge in [0.2, 0.25) is 0 Å². The highest BCUT2D eigenvalue weighted by atomic mass is 15.2. The van der Waals surface area contributed by atoms with Crippen LogP contribution in [-0.2, 0) is 0 Å². The molecule has 0 saturated carbocycles. The van der Waals surface area contributed by atoms with Gasteiger partial charge in [-0.05, 0) is 25.9 Å². The third-order valence-electron chi connectivity index (χ3n) is 3.34. The minimum Gasteiger partial charge on any atom is -0.355 e. The van der Waals surface area contributed by atoms with E-state index >= 15 is 0 Å². The van der Waals surface area contributed by atoms with Gasteiger partial charge in [-0.15, -0.1) is 0 Å². The van der Waals surface area contributed by atoms with Crippen molar-refractivity contribution in [2.24, 2.45) is 4.99 Å². The van der Waals surface area contributed by atoms with Crippen molar-refractivity contribution < 1.29 is 0 Å². The van der Waals surface area contributed by atoms with E-state index in [0.717, 1.165) is 32.1 Å². The number of aliphatic imine (C=N–C) groups is 1.